The molecule has 3 N–H and O–H groups in total. The Hall–Kier alpha value is -3.39. The number of rotatable bonds is 3. The lowest BCUT2D eigenvalue weighted by Gasteiger charge is -2.09. The molecule has 21 heavy (non-hydrogen) atoms. The smallest absolute Gasteiger partial charge is 0.244 e. The molecule has 1 aromatic heterocycles. The van der Waals surface area contributed by atoms with Crippen molar-refractivity contribution >= 4 is 17.3 Å². The van der Waals surface area contributed by atoms with Gasteiger partial charge in [0.25, 0.3) is 0 Å². The molecule has 2 aromatic rings. The van der Waals surface area contributed by atoms with Gasteiger partial charge in [-0.05, 0) is 18.2 Å². The fraction of sp³-hybridized carbons (Fsp3) is 0.0769. The standard InChI is InChI=1S/C13H9FN6O/c14-8-1-2-10(9(17)3-8)19-13(21)6-20-7-18-11(4-15)12(20)5-16/h1-3,7H,6,17H2,(H,19,21). The highest BCUT2D eigenvalue weighted by atomic mass is 19.1. The number of halogens is 1. The van der Waals surface area contributed by atoms with Crippen LogP contribution < -0.4 is 11.1 Å². The molecular formula is C13H9FN6O. The van der Waals surface area contributed by atoms with Gasteiger partial charge >= 0.3 is 0 Å². The molecule has 7 nitrogen and oxygen atoms in total. The predicted octanol–water partition coefficient (Wildman–Crippen LogP) is 0.986. The van der Waals surface area contributed by atoms with Gasteiger partial charge in [-0.1, -0.05) is 0 Å². The summed E-state index contributed by atoms with van der Waals surface area (Å²) in [4.78, 5) is 15.6. The Kier molecular flexibility index (Phi) is 3.82. The van der Waals surface area contributed by atoms with Gasteiger partial charge in [-0.2, -0.15) is 10.5 Å². The minimum absolute atomic E-state index is 0.000252. The van der Waals surface area contributed by atoms with Crippen molar-refractivity contribution in [3.05, 3.63) is 41.7 Å². The number of nitrogens with one attached hydrogen (secondary N) is 1. The maximum absolute atomic E-state index is 12.9. The number of nitrogens with zero attached hydrogens (tertiary/aromatic N) is 4. The molecule has 0 atom stereocenters. The van der Waals surface area contributed by atoms with Crippen LogP contribution in [0.3, 0.4) is 0 Å². The average Bonchev–Trinajstić information content (AvgIpc) is 2.83. The Labute approximate surface area is 119 Å². The van der Waals surface area contributed by atoms with Gasteiger partial charge in [-0.3, -0.25) is 4.79 Å². The topological polar surface area (TPSA) is 121 Å². The molecule has 1 amide bonds. The normalized spacial score (nSPS) is 9.67. The van der Waals surface area contributed by atoms with E-state index in [0.29, 0.717) is 0 Å². The van der Waals surface area contributed by atoms with Crippen LogP contribution in [-0.4, -0.2) is 15.5 Å². The van der Waals surface area contributed by atoms with Crippen molar-refractivity contribution in [2.75, 3.05) is 11.1 Å². The second-order valence-corrected chi connectivity index (χ2v) is 4.07. The number of hydrogen-bond acceptors (Lipinski definition) is 5. The summed E-state index contributed by atoms with van der Waals surface area (Å²) >= 11 is 0. The minimum Gasteiger partial charge on any atom is -0.397 e. The van der Waals surface area contributed by atoms with E-state index < -0.39 is 11.7 Å². The molecule has 0 radical (unpaired) electrons. The van der Waals surface area contributed by atoms with E-state index >= 15 is 0 Å². The summed E-state index contributed by atoms with van der Waals surface area (Å²) in [6, 6.07) is 7.15. The zero-order valence-electron chi connectivity index (χ0n) is 10.7. The third-order valence-electron chi connectivity index (χ3n) is 2.65. The second kappa shape index (κ2) is 5.72. The van der Waals surface area contributed by atoms with E-state index in [1.807, 2.05) is 0 Å². The number of amides is 1. The van der Waals surface area contributed by atoms with Gasteiger partial charge in [0.05, 0.1) is 17.7 Å². The fourth-order valence-corrected chi connectivity index (χ4v) is 1.69. The zero-order chi connectivity index (χ0) is 15.4. The summed E-state index contributed by atoms with van der Waals surface area (Å²) in [6.45, 7) is -0.214. The van der Waals surface area contributed by atoms with Crippen LogP contribution in [0.4, 0.5) is 15.8 Å². The number of carbonyl (C=O) groups is 1. The molecule has 0 aliphatic carbocycles. The molecular weight excluding hydrogens is 275 g/mol. The summed E-state index contributed by atoms with van der Waals surface area (Å²) in [6.07, 6.45) is 1.23. The van der Waals surface area contributed by atoms with Crippen molar-refractivity contribution < 1.29 is 9.18 Å². The first-order valence-corrected chi connectivity index (χ1v) is 5.75. The quantitative estimate of drug-likeness (QED) is 0.814. The molecule has 1 heterocycles. The van der Waals surface area contributed by atoms with Crippen molar-refractivity contribution in [3.8, 4) is 12.1 Å². The summed E-state index contributed by atoms with van der Waals surface area (Å²) in [5.74, 6) is -0.989. The van der Waals surface area contributed by atoms with Crippen LogP contribution in [0.1, 0.15) is 11.4 Å². The molecule has 2 rings (SSSR count). The molecule has 0 aliphatic heterocycles. The molecule has 0 bridgehead atoms. The van der Waals surface area contributed by atoms with E-state index in [4.69, 9.17) is 16.3 Å². The van der Waals surface area contributed by atoms with Crippen LogP contribution in [0.15, 0.2) is 24.5 Å². The fourth-order valence-electron chi connectivity index (χ4n) is 1.69. The van der Waals surface area contributed by atoms with Crippen molar-refractivity contribution in [3.63, 3.8) is 0 Å². The summed E-state index contributed by atoms with van der Waals surface area (Å²) in [5.41, 5.74) is 5.88. The molecule has 0 saturated heterocycles. The molecule has 1 aromatic carbocycles. The predicted molar refractivity (Wildman–Crippen MR) is 71.1 cm³/mol. The second-order valence-electron chi connectivity index (χ2n) is 4.07. The number of aromatic nitrogens is 2. The van der Waals surface area contributed by atoms with E-state index in [-0.39, 0.29) is 29.3 Å². The van der Waals surface area contributed by atoms with Crippen molar-refractivity contribution in [1.29, 1.82) is 10.5 Å². The highest BCUT2D eigenvalue weighted by molar-refractivity contribution is 5.93. The van der Waals surface area contributed by atoms with E-state index in [0.717, 1.165) is 12.1 Å². The SMILES string of the molecule is N#Cc1ncn(CC(=O)Nc2ccc(F)cc2N)c1C#N. The Morgan fingerprint density at radius 2 is 2.19 bits per heavy atom. The zero-order valence-corrected chi connectivity index (χ0v) is 10.7. The molecule has 0 aliphatic rings. The van der Waals surface area contributed by atoms with Gasteiger partial charge in [-0.15, -0.1) is 0 Å². The Bertz CT molecular complexity index is 783. The summed E-state index contributed by atoms with van der Waals surface area (Å²) < 4.78 is 14.1. The Balaban J connectivity index is 2.14. The van der Waals surface area contributed by atoms with Gasteiger partial charge in [0, 0.05) is 0 Å². The van der Waals surface area contributed by atoms with Crippen molar-refractivity contribution in [1.82, 2.24) is 9.55 Å². The Morgan fingerprint density at radius 3 is 2.81 bits per heavy atom. The average molecular weight is 284 g/mol. The van der Waals surface area contributed by atoms with Crippen LogP contribution in [0.2, 0.25) is 0 Å². The number of anilines is 2. The van der Waals surface area contributed by atoms with Crippen LogP contribution >= 0.6 is 0 Å². The van der Waals surface area contributed by atoms with Crippen molar-refractivity contribution in [2.24, 2.45) is 0 Å². The third-order valence-corrected chi connectivity index (χ3v) is 2.65. The van der Waals surface area contributed by atoms with Gasteiger partial charge in [0.2, 0.25) is 5.91 Å². The number of nitrogen functional groups attached to an aromatic ring is 1. The van der Waals surface area contributed by atoms with E-state index in [1.165, 1.54) is 17.0 Å². The third kappa shape index (κ3) is 2.96. The van der Waals surface area contributed by atoms with Gasteiger partial charge in [0.1, 0.15) is 24.5 Å². The van der Waals surface area contributed by atoms with E-state index in [2.05, 4.69) is 10.3 Å². The number of nitriles is 2. The summed E-state index contributed by atoms with van der Waals surface area (Å²) in [5, 5.41) is 20.2. The van der Waals surface area contributed by atoms with Crippen LogP contribution in [-0.2, 0) is 11.3 Å². The molecule has 0 saturated carbocycles. The maximum Gasteiger partial charge on any atom is 0.244 e. The Morgan fingerprint density at radius 1 is 1.43 bits per heavy atom. The lowest BCUT2D eigenvalue weighted by Crippen LogP contribution is -2.20. The van der Waals surface area contributed by atoms with Gasteiger partial charge in [0.15, 0.2) is 11.4 Å². The van der Waals surface area contributed by atoms with Gasteiger partial charge in [-0.25, -0.2) is 9.37 Å². The first-order valence-electron chi connectivity index (χ1n) is 5.75. The van der Waals surface area contributed by atoms with E-state index in [1.54, 1.807) is 12.1 Å². The lowest BCUT2D eigenvalue weighted by molar-refractivity contribution is -0.116. The van der Waals surface area contributed by atoms with E-state index in [9.17, 15) is 9.18 Å². The molecule has 0 spiro atoms. The molecule has 0 unspecified atom stereocenters. The lowest BCUT2D eigenvalue weighted by atomic mass is 10.2. The number of hydrogen-bond donors (Lipinski definition) is 2. The van der Waals surface area contributed by atoms with Crippen LogP contribution in [0.25, 0.3) is 0 Å². The highest BCUT2D eigenvalue weighted by Crippen LogP contribution is 2.19. The minimum atomic E-state index is -0.509. The first-order chi connectivity index (χ1) is 10.0. The maximum atomic E-state index is 12.9. The number of carbonyl (C=O) groups excluding carboxylic acids is 1. The van der Waals surface area contributed by atoms with Crippen LogP contribution in [0.5, 0.6) is 0 Å². The van der Waals surface area contributed by atoms with Gasteiger partial charge < -0.3 is 15.6 Å². The molecule has 8 heteroatoms. The first kappa shape index (κ1) is 14.0. The van der Waals surface area contributed by atoms with Crippen LogP contribution in [0, 0.1) is 28.5 Å². The largest absolute Gasteiger partial charge is 0.397 e. The molecule has 0 fully saturated rings. The molecule has 104 valence electrons. The number of nitrogens with two attached hydrogens (primary N) is 1. The summed E-state index contributed by atoms with van der Waals surface area (Å²) in [7, 11) is 0. The monoisotopic (exact) mass is 284 g/mol. The number of imidazole rings is 1. The van der Waals surface area contributed by atoms with Crippen molar-refractivity contribution in [2.45, 2.75) is 6.54 Å². The highest BCUT2D eigenvalue weighted by Gasteiger charge is 2.13. The number of benzene rings is 1.